The second-order valence-electron chi connectivity index (χ2n) is 10.2. The first-order valence-corrected chi connectivity index (χ1v) is 14.1. The number of Topliss-reactive ketones (excluding diaryl/α,β-unsaturated/α-hetero) is 1. The summed E-state index contributed by atoms with van der Waals surface area (Å²) in [6.07, 6.45) is 2.20. The van der Waals surface area contributed by atoms with E-state index in [1.807, 2.05) is 20.8 Å². The average molecular weight is 549 g/mol. The normalized spacial score (nSPS) is 20.9. The molecule has 2 aromatic heterocycles. The van der Waals surface area contributed by atoms with Crippen molar-refractivity contribution < 1.29 is 32.3 Å². The van der Waals surface area contributed by atoms with Crippen molar-refractivity contribution in [3.63, 3.8) is 0 Å². The molecule has 4 heterocycles. The molecule has 2 aliphatic rings. The number of rotatable bonds is 6. The van der Waals surface area contributed by atoms with Gasteiger partial charge in [0.05, 0.1) is 18.2 Å². The first-order valence-electron chi connectivity index (χ1n) is 11.7. The first kappa shape index (κ1) is 26.9. The van der Waals surface area contributed by atoms with Crippen molar-refractivity contribution in [2.45, 2.75) is 51.7 Å². The fourth-order valence-corrected chi connectivity index (χ4v) is 6.74. The lowest BCUT2D eigenvalue weighted by Crippen LogP contribution is -2.54. The second kappa shape index (κ2) is 10.3. The molecule has 0 spiro atoms. The van der Waals surface area contributed by atoms with E-state index in [4.69, 9.17) is 4.74 Å². The van der Waals surface area contributed by atoms with Gasteiger partial charge in [-0.3, -0.25) is 19.4 Å². The van der Waals surface area contributed by atoms with Crippen LogP contribution in [0.2, 0.25) is 0 Å². The minimum atomic E-state index is -4.52. The van der Waals surface area contributed by atoms with E-state index in [1.54, 1.807) is 16.8 Å². The zero-order valence-electron chi connectivity index (χ0n) is 20.6. The van der Waals surface area contributed by atoms with Crippen molar-refractivity contribution in [2.75, 3.05) is 13.1 Å². The number of pyridine rings is 1. The van der Waals surface area contributed by atoms with Crippen LogP contribution in [0.4, 0.5) is 4.79 Å². The summed E-state index contributed by atoms with van der Waals surface area (Å²) in [4.78, 5) is 57.0. The number of hydrogen-bond acceptors (Lipinski definition) is 9. The molecule has 3 unspecified atom stereocenters. The van der Waals surface area contributed by atoms with Gasteiger partial charge in [0, 0.05) is 24.3 Å². The van der Waals surface area contributed by atoms with E-state index < -0.39 is 57.6 Å². The molecule has 0 saturated carbocycles. The molecule has 0 bridgehead atoms. The number of amides is 2. The highest BCUT2D eigenvalue weighted by Gasteiger charge is 2.55. The summed E-state index contributed by atoms with van der Waals surface area (Å²) in [6.45, 7) is 5.32. The molecule has 3 atom stereocenters. The van der Waals surface area contributed by atoms with E-state index in [0.717, 1.165) is 10.5 Å². The number of hydrogen-bond donors (Lipinski definition) is 1. The fourth-order valence-electron chi connectivity index (χ4n) is 4.68. The molecule has 37 heavy (non-hydrogen) atoms. The molecule has 0 aromatic carbocycles. The van der Waals surface area contributed by atoms with Crippen LogP contribution in [0.1, 0.15) is 44.0 Å². The maximum absolute atomic E-state index is 13.6. The predicted molar refractivity (Wildman–Crippen MR) is 134 cm³/mol. The Labute approximate surface area is 218 Å². The second-order valence-corrected chi connectivity index (χ2v) is 12.8. The van der Waals surface area contributed by atoms with E-state index in [-0.39, 0.29) is 30.4 Å². The highest BCUT2D eigenvalue weighted by molar-refractivity contribution is 8.04. The third-order valence-corrected chi connectivity index (χ3v) is 8.60. The number of ketones is 1. The quantitative estimate of drug-likeness (QED) is 0.578. The Morgan fingerprint density at radius 1 is 1.27 bits per heavy atom. The molecular weight excluding hydrogens is 520 g/mol. The Bertz CT molecular complexity index is 1290. The first-order chi connectivity index (χ1) is 17.4. The molecule has 13 heteroatoms. The third kappa shape index (κ3) is 5.73. The molecule has 2 aromatic rings. The Kier molecular flexibility index (Phi) is 7.49. The van der Waals surface area contributed by atoms with Gasteiger partial charge in [0.15, 0.2) is 5.78 Å². The van der Waals surface area contributed by atoms with Crippen LogP contribution in [0.3, 0.4) is 0 Å². The SMILES string of the molecule is CC(C)(C)CC(NC(=O)Oc1ccsc1)C(=O)N1CCC2C1C(=O)CN2S(=O)(=O)C(=O)c1cccnc1. The zero-order valence-corrected chi connectivity index (χ0v) is 22.3. The van der Waals surface area contributed by atoms with Crippen molar-refractivity contribution >= 4 is 44.3 Å². The number of aromatic nitrogens is 1. The number of sulfonamides is 1. The molecule has 2 amide bonds. The fraction of sp³-hybridized carbons (Fsp3) is 0.458. The van der Waals surface area contributed by atoms with E-state index in [0.29, 0.717) is 5.75 Å². The van der Waals surface area contributed by atoms with Crippen molar-refractivity contribution in [2.24, 2.45) is 5.41 Å². The molecular formula is C24H28N4O7S2. The molecule has 0 aliphatic carbocycles. The Morgan fingerprint density at radius 3 is 2.65 bits per heavy atom. The lowest BCUT2D eigenvalue weighted by Gasteiger charge is -2.31. The summed E-state index contributed by atoms with van der Waals surface area (Å²) < 4.78 is 32.4. The Balaban J connectivity index is 1.53. The highest BCUT2D eigenvalue weighted by Crippen LogP contribution is 2.34. The standard InChI is InChI=1S/C24H28N4O7S2/c1-24(2,3)11-17(26-23(32)35-16-7-10-36-14-16)21(30)27-9-6-18-20(27)19(29)13-28(18)37(33,34)22(31)15-5-4-8-25-12-15/h4-5,7-8,10,12,14,17-18,20H,6,9,11,13H2,1-3H3,(H,26,32). The summed E-state index contributed by atoms with van der Waals surface area (Å²) in [6, 6.07) is 1.50. The molecule has 2 saturated heterocycles. The van der Waals surface area contributed by atoms with Crippen LogP contribution in [-0.4, -0.2) is 76.7 Å². The summed E-state index contributed by atoms with van der Waals surface area (Å²) in [5, 5.41) is 4.85. The number of ether oxygens (including phenoxy) is 1. The van der Waals surface area contributed by atoms with Gasteiger partial charge in [-0.2, -0.15) is 4.31 Å². The molecule has 1 N–H and O–H groups in total. The summed E-state index contributed by atoms with van der Waals surface area (Å²) >= 11 is 1.35. The van der Waals surface area contributed by atoms with Crippen LogP contribution < -0.4 is 10.1 Å². The predicted octanol–water partition coefficient (Wildman–Crippen LogP) is 2.06. The molecule has 0 radical (unpaired) electrons. The summed E-state index contributed by atoms with van der Waals surface area (Å²) in [7, 11) is -4.52. The third-order valence-electron chi connectivity index (χ3n) is 6.21. The maximum atomic E-state index is 13.6. The largest absolute Gasteiger partial charge is 0.413 e. The van der Waals surface area contributed by atoms with Crippen molar-refractivity contribution in [3.05, 3.63) is 46.9 Å². The number of fused-ring (bicyclic) bond motifs is 1. The smallest absolute Gasteiger partial charge is 0.409 e. The molecule has 2 fully saturated rings. The number of carbonyl (C=O) groups excluding carboxylic acids is 4. The number of carbonyl (C=O) groups is 4. The van der Waals surface area contributed by atoms with Crippen molar-refractivity contribution in [1.82, 2.24) is 19.5 Å². The van der Waals surface area contributed by atoms with Gasteiger partial charge >= 0.3 is 6.09 Å². The average Bonchev–Trinajstić information content (AvgIpc) is 3.56. The van der Waals surface area contributed by atoms with E-state index in [2.05, 4.69) is 10.3 Å². The van der Waals surface area contributed by atoms with Crippen LogP contribution in [0, 0.1) is 5.41 Å². The van der Waals surface area contributed by atoms with Crippen molar-refractivity contribution in [1.29, 1.82) is 0 Å². The van der Waals surface area contributed by atoms with E-state index in [9.17, 15) is 27.6 Å². The number of nitrogens with one attached hydrogen (secondary N) is 1. The summed E-state index contributed by atoms with van der Waals surface area (Å²) in [5.41, 5.74) is -0.469. The lowest BCUT2D eigenvalue weighted by atomic mass is 9.87. The monoisotopic (exact) mass is 548 g/mol. The number of nitrogens with zero attached hydrogens (tertiary/aromatic N) is 3. The van der Waals surface area contributed by atoms with Gasteiger partial charge in [-0.25, -0.2) is 13.2 Å². The van der Waals surface area contributed by atoms with Crippen LogP contribution in [0.5, 0.6) is 5.75 Å². The zero-order chi connectivity index (χ0) is 27.0. The molecule has 11 nitrogen and oxygen atoms in total. The molecule has 198 valence electrons. The number of likely N-dealkylation sites (tertiary alicyclic amines) is 1. The van der Waals surface area contributed by atoms with Crippen LogP contribution in [-0.2, 0) is 19.6 Å². The van der Waals surface area contributed by atoms with Gasteiger partial charge < -0.3 is 15.0 Å². The van der Waals surface area contributed by atoms with E-state index in [1.165, 1.54) is 34.6 Å². The highest BCUT2D eigenvalue weighted by atomic mass is 32.2. The van der Waals surface area contributed by atoms with Gasteiger partial charge in [-0.05, 0) is 41.8 Å². The topological polar surface area (TPSA) is 143 Å². The van der Waals surface area contributed by atoms with E-state index >= 15 is 0 Å². The van der Waals surface area contributed by atoms with Gasteiger partial charge in [-0.15, -0.1) is 11.3 Å². The van der Waals surface area contributed by atoms with Crippen LogP contribution >= 0.6 is 11.3 Å². The summed E-state index contributed by atoms with van der Waals surface area (Å²) in [5.74, 6) is -0.638. The van der Waals surface area contributed by atoms with Crippen molar-refractivity contribution in [3.8, 4) is 5.75 Å². The van der Waals surface area contributed by atoms with Gasteiger partial charge in [-0.1, -0.05) is 20.8 Å². The molecule has 2 aliphatic heterocycles. The van der Waals surface area contributed by atoms with Gasteiger partial charge in [0.25, 0.3) is 15.1 Å². The van der Waals surface area contributed by atoms with Gasteiger partial charge in [0.1, 0.15) is 17.8 Å². The lowest BCUT2D eigenvalue weighted by molar-refractivity contribution is -0.138. The van der Waals surface area contributed by atoms with Crippen LogP contribution in [0.25, 0.3) is 0 Å². The molecule has 4 rings (SSSR count). The minimum Gasteiger partial charge on any atom is -0.409 e. The maximum Gasteiger partial charge on any atom is 0.413 e. The minimum absolute atomic E-state index is 0.106. The van der Waals surface area contributed by atoms with Gasteiger partial charge in [0.2, 0.25) is 5.91 Å². The van der Waals surface area contributed by atoms with Crippen LogP contribution in [0.15, 0.2) is 41.4 Å². The Morgan fingerprint density at radius 2 is 2.03 bits per heavy atom. The number of thiophene rings is 1. The Hall–Kier alpha value is -3.16.